The average molecular weight is 252 g/mol. The number of hydrogen-bond donors (Lipinski definition) is 0. The molecular formula is C11H12N2O3S. The zero-order valence-electron chi connectivity index (χ0n) is 9.54. The Balaban J connectivity index is 2.86. The van der Waals surface area contributed by atoms with E-state index in [1.807, 2.05) is 6.07 Å². The molecule has 0 bridgehead atoms. The van der Waals surface area contributed by atoms with E-state index < -0.39 is 21.5 Å². The van der Waals surface area contributed by atoms with E-state index in [1.54, 1.807) is 24.3 Å². The molecule has 0 aliphatic carbocycles. The first kappa shape index (κ1) is 13.2. The van der Waals surface area contributed by atoms with Gasteiger partial charge in [-0.25, -0.2) is 8.42 Å². The van der Waals surface area contributed by atoms with Crippen LogP contribution < -0.4 is 4.90 Å². The average Bonchev–Trinajstić information content (AvgIpc) is 2.26. The lowest BCUT2D eigenvalue weighted by Gasteiger charge is -2.16. The molecule has 0 aliphatic heterocycles. The van der Waals surface area contributed by atoms with E-state index >= 15 is 0 Å². The number of carbonyl (C=O) groups is 1. The minimum absolute atomic E-state index is 0.484. The number of nitrogens with zero attached hydrogens (tertiary/aromatic N) is 2. The summed E-state index contributed by atoms with van der Waals surface area (Å²) in [6.45, 7) is 0. The highest BCUT2D eigenvalue weighted by Crippen LogP contribution is 2.13. The molecule has 0 spiro atoms. The first-order valence-electron chi connectivity index (χ1n) is 4.78. The third-order valence-electron chi connectivity index (χ3n) is 2.14. The number of anilines is 1. The van der Waals surface area contributed by atoms with Crippen LogP contribution in [0.2, 0.25) is 0 Å². The summed E-state index contributed by atoms with van der Waals surface area (Å²) in [5.41, 5.74) is 1.04. The topological polar surface area (TPSA) is 78.2 Å². The Morgan fingerprint density at radius 2 is 1.88 bits per heavy atom. The standard InChI is InChI=1S/C11H12N2O3S/c1-13(11(14)8-17(2,15)16)10-5-3-9(7-12)4-6-10/h3-6H,8H2,1-2H3. The molecule has 1 aromatic rings. The number of carbonyl (C=O) groups excluding carboxylic acids is 1. The summed E-state index contributed by atoms with van der Waals surface area (Å²) in [7, 11) is -1.84. The smallest absolute Gasteiger partial charge is 0.241 e. The lowest BCUT2D eigenvalue weighted by Crippen LogP contribution is -2.32. The van der Waals surface area contributed by atoms with Gasteiger partial charge in [0.2, 0.25) is 5.91 Å². The highest BCUT2D eigenvalue weighted by atomic mass is 32.2. The molecule has 5 nitrogen and oxygen atoms in total. The van der Waals surface area contributed by atoms with Gasteiger partial charge in [0.15, 0.2) is 9.84 Å². The molecule has 0 N–H and O–H groups in total. The number of amides is 1. The fourth-order valence-electron chi connectivity index (χ4n) is 1.22. The van der Waals surface area contributed by atoms with Crippen LogP contribution in [0.15, 0.2) is 24.3 Å². The van der Waals surface area contributed by atoms with Gasteiger partial charge in [-0.1, -0.05) is 0 Å². The molecule has 0 fully saturated rings. The summed E-state index contributed by atoms with van der Waals surface area (Å²) in [5.74, 6) is -1.03. The highest BCUT2D eigenvalue weighted by Gasteiger charge is 2.16. The molecule has 0 saturated heterocycles. The second kappa shape index (κ2) is 4.97. The van der Waals surface area contributed by atoms with E-state index in [9.17, 15) is 13.2 Å². The van der Waals surface area contributed by atoms with Crippen LogP contribution in [0.5, 0.6) is 0 Å². The Labute approximate surface area is 100 Å². The second-order valence-electron chi connectivity index (χ2n) is 3.68. The van der Waals surface area contributed by atoms with Crippen LogP contribution >= 0.6 is 0 Å². The maximum Gasteiger partial charge on any atom is 0.241 e. The van der Waals surface area contributed by atoms with Crippen molar-refractivity contribution in [2.75, 3.05) is 24.0 Å². The van der Waals surface area contributed by atoms with Crippen molar-refractivity contribution in [3.63, 3.8) is 0 Å². The van der Waals surface area contributed by atoms with Crippen LogP contribution in [0.3, 0.4) is 0 Å². The molecule has 1 amide bonds. The van der Waals surface area contributed by atoms with E-state index in [0.717, 1.165) is 6.26 Å². The molecule has 0 aliphatic rings. The van der Waals surface area contributed by atoms with Crippen molar-refractivity contribution in [1.82, 2.24) is 0 Å². The van der Waals surface area contributed by atoms with Crippen molar-refractivity contribution in [2.24, 2.45) is 0 Å². The minimum atomic E-state index is -3.33. The van der Waals surface area contributed by atoms with Crippen LogP contribution in [0.25, 0.3) is 0 Å². The van der Waals surface area contributed by atoms with Crippen LogP contribution in [-0.4, -0.2) is 33.4 Å². The fourth-order valence-corrected chi connectivity index (χ4v) is 1.87. The summed E-state index contributed by atoms with van der Waals surface area (Å²) in [4.78, 5) is 12.8. The third-order valence-corrected chi connectivity index (χ3v) is 2.91. The molecule has 0 radical (unpaired) electrons. The summed E-state index contributed by atoms with van der Waals surface area (Å²) >= 11 is 0. The van der Waals surface area contributed by atoms with Crippen LogP contribution in [0, 0.1) is 11.3 Å². The van der Waals surface area contributed by atoms with Gasteiger partial charge in [-0.15, -0.1) is 0 Å². The first-order chi connectivity index (χ1) is 7.83. The van der Waals surface area contributed by atoms with Gasteiger partial charge >= 0.3 is 0 Å². The van der Waals surface area contributed by atoms with Crippen LogP contribution in [0.4, 0.5) is 5.69 Å². The fraction of sp³-hybridized carbons (Fsp3) is 0.273. The number of benzene rings is 1. The van der Waals surface area contributed by atoms with Crippen molar-refractivity contribution < 1.29 is 13.2 Å². The van der Waals surface area contributed by atoms with Crippen molar-refractivity contribution >= 4 is 21.4 Å². The van der Waals surface area contributed by atoms with Crippen molar-refractivity contribution in [2.45, 2.75) is 0 Å². The Kier molecular flexibility index (Phi) is 3.86. The van der Waals surface area contributed by atoms with Crippen LogP contribution in [0.1, 0.15) is 5.56 Å². The van der Waals surface area contributed by atoms with Gasteiger partial charge in [0, 0.05) is 19.0 Å². The van der Waals surface area contributed by atoms with E-state index in [1.165, 1.54) is 11.9 Å². The number of hydrogen-bond acceptors (Lipinski definition) is 4. The summed E-state index contributed by atoms with van der Waals surface area (Å²) in [6.07, 6.45) is 1.01. The van der Waals surface area contributed by atoms with Gasteiger partial charge in [0.25, 0.3) is 0 Å². The maximum absolute atomic E-state index is 11.6. The summed E-state index contributed by atoms with van der Waals surface area (Å²) in [5, 5.41) is 8.62. The Morgan fingerprint density at radius 3 is 2.29 bits per heavy atom. The Hall–Kier alpha value is -1.87. The first-order valence-corrected chi connectivity index (χ1v) is 6.84. The lowest BCUT2D eigenvalue weighted by molar-refractivity contribution is -0.115. The van der Waals surface area contributed by atoms with E-state index in [0.29, 0.717) is 11.3 Å². The normalized spacial score (nSPS) is 10.6. The number of nitriles is 1. The largest absolute Gasteiger partial charge is 0.315 e. The molecule has 0 aromatic heterocycles. The Morgan fingerprint density at radius 1 is 1.35 bits per heavy atom. The van der Waals surface area contributed by atoms with Gasteiger partial charge in [-0.2, -0.15) is 5.26 Å². The SMILES string of the molecule is CN(C(=O)CS(C)(=O)=O)c1ccc(C#N)cc1. The molecule has 90 valence electrons. The Bertz CT molecular complexity index is 555. The highest BCUT2D eigenvalue weighted by molar-refractivity contribution is 7.91. The zero-order chi connectivity index (χ0) is 13.1. The van der Waals surface area contributed by atoms with Gasteiger partial charge in [-0.3, -0.25) is 4.79 Å². The van der Waals surface area contributed by atoms with Gasteiger partial charge in [-0.05, 0) is 24.3 Å². The van der Waals surface area contributed by atoms with E-state index in [4.69, 9.17) is 5.26 Å². The minimum Gasteiger partial charge on any atom is -0.315 e. The van der Waals surface area contributed by atoms with E-state index in [-0.39, 0.29) is 0 Å². The van der Waals surface area contributed by atoms with Crippen molar-refractivity contribution in [1.29, 1.82) is 5.26 Å². The molecule has 17 heavy (non-hydrogen) atoms. The third kappa shape index (κ3) is 3.89. The molecule has 0 unspecified atom stereocenters. The second-order valence-corrected chi connectivity index (χ2v) is 5.82. The summed E-state index contributed by atoms with van der Waals surface area (Å²) < 4.78 is 22.0. The molecule has 0 saturated carbocycles. The van der Waals surface area contributed by atoms with Gasteiger partial charge in [0.05, 0.1) is 11.6 Å². The zero-order valence-corrected chi connectivity index (χ0v) is 10.4. The van der Waals surface area contributed by atoms with Crippen molar-refractivity contribution in [3.8, 4) is 6.07 Å². The molecule has 0 atom stereocenters. The number of rotatable bonds is 3. The van der Waals surface area contributed by atoms with Crippen molar-refractivity contribution in [3.05, 3.63) is 29.8 Å². The molecular weight excluding hydrogens is 240 g/mol. The summed E-state index contributed by atoms with van der Waals surface area (Å²) in [6, 6.07) is 8.29. The van der Waals surface area contributed by atoms with Gasteiger partial charge in [0.1, 0.15) is 5.75 Å². The predicted molar refractivity (Wildman–Crippen MR) is 64.3 cm³/mol. The quantitative estimate of drug-likeness (QED) is 0.787. The van der Waals surface area contributed by atoms with E-state index in [2.05, 4.69) is 0 Å². The number of sulfone groups is 1. The molecule has 6 heteroatoms. The molecule has 1 aromatic carbocycles. The molecule has 1 rings (SSSR count). The van der Waals surface area contributed by atoms with Crippen LogP contribution in [-0.2, 0) is 14.6 Å². The molecule has 0 heterocycles. The monoisotopic (exact) mass is 252 g/mol. The predicted octanol–water partition coefficient (Wildman–Crippen LogP) is 0.566. The van der Waals surface area contributed by atoms with Gasteiger partial charge < -0.3 is 4.90 Å². The maximum atomic E-state index is 11.6. The lowest BCUT2D eigenvalue weighted by atomic mass is 10.2.